The first-order chi connectivity index (χ1) is 11.3. The van der Waals surface area contributed by atoms with Crippen molar-refractivity contribution in [3.05, 3.63) is 12.2 Å². The molecule has 0 aromatic heterocycles. The van der Waals surface area contributed by atoms with E-state index in [-0.39, 0.29) is 6.67 Å². The van der Waals surface area contributed by atoms with Crippen LogP contribution in [-0.2, 0) is 4.74 Å². The molecule has 134 valence electrons. The Hall–Kier alpha value is -0.370. The molecule has 2 heteroatoms. The van der Waals surface area contributed by atoms with Crippen LogP contribution < -0.4 is 0 Å². The molecule has 0 aromatic carbocycles. The Balaban J connectivity index is 1.58. The van der Waals surface area contributed by atoms with Crippen LogP contribution in [0.15, 0.2) is 12.2 Å². The second-order valence-electron chi connectivity index (χ2n) is 7.75. The van der Waals surface area contributed by atoms with Crippen LogP contribution in [-0.4, -0.2) is 19.9 Å². The van der Waals surface area contributed by atoms with Gasteiger partial charge in [0.25, 0.3) is 0 Å². The summed E-state index contributed by atoms with van der Waals surface area (Å²) in [6.45, 7) is 3.61. The third kappa shape index (κ3) is 6.95. The van der Waals surface area contributed by atoms with Gasteiger partial charge in [-0.2, -0.15) is 0 Å². The third-order valence-corrected chi connectivity index (χ3v) is 6.32. The number of halogens is 1. The van der Waals surface area contributed by atoms with Crippen molar-refractivity contribution in [2.24, 2.45) is 23.7 Å². The molecule has 1 nitrogen and oxygen atoms in total. The molecule has 0 aromatic rings. The normalized spacial score (nSPS) is 32.4. The van der Waals surface area contributed by atoms with E-state index < -0.39 is 0 Å². The molecule has 0 N–H and O–H groups in total. The number of allylic oxidation sites excluding steroid dienone is 2. The highest BCUT2D eigenvalue weighted by molar-refractivity contribution is 4.85. The minimum atomic E-state index is -0.306. The van der Waals surface area contributed by atoms with E-state index in [9.17, 15) is 4.39 Å². The maximum atomic E-state index is 12.0. The van der Waals surface area contributed by atoms with Gasteiger partial charge in [-0.3, -0.25) is 0 Å². The SMILES string of the molecule is CCOCCC1CCC(C2CCC(CC/C=C/CF)CC2)CC1. The molecule has 0 saturated heterocycles. The highest BCUT2D eigenvalue weighted by Gasteiger charge is 2.30. The molecular formula is C21H37FO. The first-order valence-corrected chi connectivity index (χ1v) is 10.1. The molecule has 23 heavy (non-hydrogen) atoms. The van der Waals surface area contributed by atoms with Crippen molar-refractivity contribution >= 4 is 0 Å². The monoisotopic (exact) mass is 324 g/mol. The second-order valence-corrected chi connectivity index (χ2v) is 7.75. The zero-order chi connectivity index (χ0) is 16.3. The topological polar surface area (TPSA) is 9.23 Å². The summed E-state index contributed by atoms with van der Waals surface area (Å²) >= 11 is 0. The molecule has 0 radical (unpaired) electrons. The first kappa shape index (κ1) is 19.0. The summed E-state index contributed by atoms with van der Waals surface area (Å²) in [5.41, 5.74) is 0. The van der Waals surface area contributed by atoms with Crippen LogP contribution in [0.4, 0.5) is 4.39 Å². The zero-order valence-corrected chi connectivity index (χ0v) is 15.1. The zero-order valence-electron chi connectivity index (χ0n) is 15.1. The second kappa shape index (κ2) is 11.2. The summed E-state index contributed by atoms with van der Waals surface area (Å²) in [4.78, 5) is 0. The fourth-order valence-electron chi connectivity index (χ4n) is 4.80. The van der Waals surface area contributed by atoms with Crippen LogP contribution in [0.25, 0.3) is 0 Å². The molecular weight excluding hydrogens is 287 g/mol. The van der Waals surface area contributed by atoms with E-state index in [4.69, 9.17) is 4.74 Å². The van der Waals surface area contributed by atoms with Gasteiger partial charge in [0.2, 0.25) is 0 Å². The van der Waals surface area contributed by atoms with Crippen LogP contribution in [0.2, 0.25) is 0 Å². The highest BCUT2D eigenvalue weighted by atomic mass is 19.1. The number of hydrogen-bond donors (Lipinski definition) is 0. The third-order valence-electron chi connectivity index (χ3n) is 6.32. The van der Waals surface area contributed by atoms with E-state index in [1.165, 1.54) is 64.2 Å². The smallest absolute Gasteiger partial charge is 0.108 e. The highest BCUT2D eigenvalue weighted by Crippen LogP contribution is 2.42. The molecule has 0 unspecified atom stereocenters. The van der Waals surface area contributed by atoms with Crippen molar-refractivity contribution in [1.29, 1.82) is 0 Å². The molecule has 0 aliphatic heterocycles. The Morgan fingerprint density at radius 2 is 1.39 bits per heavy atom. The van der Waals surface area contributed by atoms with Crippen molar-refractivity contribution in [3.8, 4) is 0 Å². The molecule has 2 saturated carbocycles. The van der Waals surface area contributed by atoms with E-state index in [0.717, 1.165) is 43.3 Å². The minimum absolute atomic E-state index is 0.306. The minimum Gasteiger partial charge on any atom is -0.382 e. The lowest BCUT2D eigenvalue weighted by Gasteiger charge is -2.38. The van der Waals surface area contributed by atoms with Gasteiger partial charge < -0.3 is 4.74 Å². The fourth-order valence-corrected chi connectivity index (χ4v) is 4.80. The lowest BCUT2D eigenvalue weighted by Crippen LogP contribution is -2.26. The number of hydrogen-bond acceptors (Lipinski definition) is 1. The van der Waals surface area contributed by atoms with Crippen molar-refractivity contribution in [2.75, 3.05) is 19.9 Å². The summed E-state index contributed by atoms with van der Waals surface area (Å²) in [6, 6.07) is 0. The number of ether oxygens (including phenoxy) is 1. The lowest BCUT2D eigenvalue weighted by atomic mass is 9.68. The molecule has 2 fully saturated rings. The molecule has 2 aliphatic carbocycles. The molecule has 2 rings (SSSR count). The number of alkyl halides is 1. The number of rotatable bonds is 9. The Bertz CT molecular complexity index is 312. The Morgan fingerprint density at radius 1 is 0.826 bits per heavy atom. The molecule has 0 atom stereocenters. The van der Waals surface area contributed by atoms with Gasteiger partial charge in [0, 0.05) is 13.2 Å². The average Bonchev–Trinajstić information content (AvgIpc) is 2.60. The first-order valence-electron chi connectivity index (χ1n) is 10.1. The van der Waals surface area contributed by atoms with Crippen LogP contribution in [0.5, 0.6) is 0 Å². The van der Waals surface area contributed by atoms with Gasteiger partial charge in [0.1, 0.15) is 6.67 Å². The van der Waals surface area contributed by atoms with Gasteiger partial charge in [-0.1, -0.05) is 37.8 Å². The lowest BCUT2D eigenvalue weighted by molar-refractivity contribution is 0.104. The van der Waals surface area contributed by atoms with Crippen LogP contribution >= 0.6 is 0 Å². The van der Waals surface area contributed by atoms with Crippen LogP contribution in [0.1, 0.15) is 77.6 Å². The van der Waals surface area contributed by atoms with Gasteiger partial charge in [-0.15, -0.1) is 0 Å². The summed E-state index contributed by atoms with van der Waals surface area (Å²) in [6.07, 6.45) is 18.8. The van der Waals surface area contributed by atoms with Crippen LogP contribution in [0.3, 0.4) is 0 Å². The Kier molecular flexibility index (Phi) is 9.26. The van der Waals surface area contributed by atoms with Gasteiger partial charge in [-0.25, -0.2) is 4.39 Å². The molecule has 0 amide bonds. The molecule has 2 aliphatic rings. The van der Waals surface area contributed by atoms with Crippen LogP contribution in [0, 0.1) is 23.7 Å². The van der Waals surface area contributed by atoms with E-state index in [2.05, 4.69) is 6.92 Å². The molecule has 0 heterocycles. The summed E-state index contributed by atoms with van der Waals surface area (Å²) in [5.74, 6) is 3.83. The van der Waals surface area contributed by atoms with Crippen molar-refractivity contribution in [1.82, 2.24) is 0 Å². The van der Waals surface area contributed by atoms with Gasteiger partial charge in [0.05, 0.1) is 0 Å². The maximum Gasteiger partial charge on any atom is 0.108 e. The summed E-state index contributed by atoms with van der Waals surface area (Å²) in [7, 11) is 0. The predicted octanol–water partition coefficient (Wildman–Crippen LogP) is 6.33. The standard InChI is InChI=1S/C21H37FO/c1-2-23-17-15-19-9-13-21(14-10-19)20-11-7-18(8-12-20)6-4-3-5-16-22/h3,5,18-21H,2,4,6-17H2,1H3/b5-3+. The molecule has 0 spiro atoms. The molecule has 0 bridgehead atoms. The quantitative estimate of drug-likeness (QED) is 0.355. The van der Waals surface area contributed by atoms with Crippen molar-refractivity contribution < 1.29 is 9.13 Å². The van der Waals surface area contributed by atoms with Gasteiger partial charge in [-0.05, 0) is 75.5 Å². The summed E-state index contributed by atoms with van der Waals surface area (Å²) in [5, 5.41) is 0. The maximum absolute atomic E-state index is 12.0. The summed E-state index contributed by atoms with van der Waals surface area (Å²) < 4.78 is 17.5. The van der Waals surface area contributed by atoms with Gasteiger partial charge >= 0.3 is 0 Å². The Morgan fingerprint density at radius 3 is 1.91 bits per heavy atom. The van der Waals surface area contributed by atoms with E-state index >= 15 is 0 Å². The van der Waals surface area contributed by atoms with E-state index in [1.54, 1.807) is 6.08 Å². The average molecular weight is 325 g/mol. The fraction of sp³-hybridized carbons (Fsp3) is 0.905. The van der Waals surface area contributed by atoms with Gasteiger partial charge in [0.15, 0.2) is 0 Å². The largest absolute Gasteiger partial charge is 0.382 e. The van der Waals surface area contributed by atoms with E-state index in [0.29, 0.717) is 0 Å². The predicted molar refractivity (Wildman–Crippen MR) is 96.4 cm³/mol. The Labute approximate surface area is 143 Å². The van der Waals surface area contributed by atoms with Crippen molar-refractivity contribution in [2.45, 2.75) is 77.6 Å². The van der Waals surface area contributed by atoms with Crippen molar-refractivity contribution in [3.63, 3.8) is 0 Å². The van der Waals surface area contributed by atoms with E-state index in [1.807, 2.05) is 6.08 Å².